The predicted molar refractivity (Wildman–Crippen MR) is 116 cm³/mol. The summed E-state index contributed by atoms with van der Waals surface area (Å²) in [4.78, 5) is 51.5. The molecule has 2 aliphatic rings. The molecule has 2 aromatic rings. The van der Waals surface area contributed by atoms with Gasteiger partial charge in [-0.15, -0.1) is 11.3 Å². The molecule has 1 aromatic carbocycles. The second kappa shape index (κ2) is 8.50. The highest BCUT2D eigenvalue weighted by Gasteiger charge is 2.36. The van der Waals surface area contributed by atoms with Gasteiger partial charge in [-0.3, -0.25) is 19.2 Å². The number of carbonyl (C=O) groups is 4. The summed E-state index contributed by atoms with van der Waals surface area (Å²) in [5.41, 5.74) is 8.56. The van der Waals surface area contributed by atoms with Gasteiger partial charge in [-0.25, -0.2) is 0 Å². The van der Waals surface area contributed by atoms with Gasteiger partial charge in [-0.05, 0) is 43.9 Å². The highest BCUT2D eigenvalue weighted by Crippen LogP contribution is 2.38. The van der Waals surface area contributed by atoms with Crippen LogP contribution in [-0.2, 0) is 32.0 Å². The number of esters is 1. The number of ether oxygens (including phenoxy) is 1. The van der Waals surface area contributed by atoms with E-state index in [0.29, 0.717) is 10.6 Å². The van der Waals surface area contributed by atoms with Crippen molar-refractivity contribution in [2.75, 3.05) is 23.4 Å². The third kappa shape index (κ3) is 4.32. The molecule has 1 aliphatic carbocycles. The maximum absolute atomic E-state index is 12.4. The van der Waals surface area contributed by atoms with E-state index in [1.54, 1.807) is 4.90 Å². The molecule has 0 radical (unpaired) electrons. The molecule has 1 aromatic heterocycles. The first-order valence-corrected chi connectivity index (χ1v) is 10.9. The SMILES string of the molecule is Cc1ccc(N2C[C@@H](C(=O)OCC(=O)Nc3sc4c(c3C(N)=O)CCC4)CC2=O)cc1. The molecule has 9 heteroatoms. The summed E-state index contributed by atoms with van der Waals surface area (Å²) < 4.78 is 5.15. The number of thiophene rings is 1. The fourth-order valence-corrected chi connectivity index (χ4v) is 5.32. The van der Waals surface area contributed by atoms with E-state index in [0.717, 1.165) is 41.0 Å². The number of benzene rings is 1. The molecule has 31 heavy (non-hydrogen) atoms. The van der Waals surface area contributed by atoms with Gasteiger partial charge < -0.3 is 20.7 Å². The van der Waals surface area contributed by atoms with Gasteiger partial charge in [0.25, 0.3) is 11.8 Å². The Balaban J connectivity index is 1.33. The summed E-state index contributed by atoms with van der Waals surface area (Å²) in [5.74, 6) is -2.51. The maximum atomic E-state index is 12.4. The number of amides is 3. The molecule has 1 aliphatic heterocycles. The third-order valence-electron chi connectivity index (χ3n) is 5.57. The third-order valence-corrected chi connectivity index (χ3v) is 6.78. The van der Waals surface area contributed by atoms with Crippen LogP contribution in [0.5, 0.6) is 0 Å². The zero-order valence-electron chi connectivity index (χ0n) is 17.1. The average molecular weight is 442 g/mol. The number of nitrogens with two attached hydrogens (primary N) is 1. The Morgan fingerprint density at radius 1 is 1.23 bits per heavy atom. The van der Waals surface area contributed by atoms with E-state index in [1.165, 1.54) is 11.3 Å². The van der Waals surface area contributed by atoms with Gasteiger partial charge in [-0.2, -0.15) is 0 Å². The first kappa shape index (κ1) is 21.0. The topological polar surface area (TPSA) is 119 Å². The van der Waals surface area contributed by atoms with Crippen LogP contribution >= 0.6 is 11.3 Å². The van der Waals surface area contributed by atoms with Crippen LogP contribution in [0.2, 0.25) is 0 Å². The van der Waals surface area contributed by atoms with Crippen molar-refractivity contribution in [3.05, 3.63) is 45.8 Å². The second-order valence-corrected chi connectivity index (χ2v) is 8.93. The van der Waals surface area contributed by atoms with Gasteiger partial charge >= 0.3 is 5.97 Å². The van der Waals surface area contributed by atoms with Crippen LogP contribution in [-0.4, -0.2) is 36.8 Å². The maximum Gasteiger partial charge on any atom is 0.311 e. The van der Waals surface area contributed by atoms with Gasteiger partial charge in [0.1, 0.15) is 5.00 Å². The molecular weight excluding hydrogens is 418 g/mol. The van der Waals surface area contributed by atoms with Gasteiger partial charge in [0.15, 0.2) is 6.61 Å². The van der Waals surface area contributed by atoms with Crippen molar-refractivity contribution in [1.82, 2.24) is 0 Å². The zero-order chi connectivity index (χ0) is 22.1. The monoisotopic (exact) mass is 441 g/mol. The number of aryl methyl sites for hydroxylation is 2. The normalized spacial score (nSPS) is 17.5. The lowest BCUT2D eigenvalue weighted by molar-refractivity contribution is -0.151. The fourth-order valence-electron chi connectivity index (χ4n) is 4.01. The van der Waals surface area contributed by atoms with E-state index in [4.69, 9.17) is 10.5 Å². The predicted octanol–water partition coefficient (Wildman–Crippen LogP) is 2.18. The minimum Gasteiger partial charge on any atom is -0.455 e. The van der Waals surface area contributed by atoms with E-state index in [1.807, 2.05) is 31.2 Å². The number of nitrogens with one attached hydrogen (secondary N) is 1. The second-order valence-electron chi connectivity index (χ2n) is 7.82. The molecule has 1 atom stereocenters. The number of fused-ring (bicyclic) bond motifs is 1. The van der Waals surface area contributed by atoms with Crippen molar-refractivity contribution in [3.63, 3.8) is 0 Å². The highest BCUT2D eigenvalue weighted by atomic mass is 32.1. The largest absolute Gasteiger partial charge is 0.455 e. The summed E-state index contributed by atoms with van der Waals surface area (Å²) in [6.07, 6.45) is 2.63. The van der Waals surface area contributed by atoms with Gasteiger partial charge in [0.2, 0.25) is 5.91 Å². The average Bonchev–Trinajstić information content (AvgIpc) is 3.41. The molecular formula is C22H23N3O5S. The number of nitrogens with zero attached hydrogens (tertiary/aromatic N) is 1. The standard InChI is InChI=1S/C22H23N3O5S/c1-12-5-7-14(8-6-12)25-10-13(9-18(25)27)22(29)30-11-17(26)24-21-19(20(23)28)15-3-2-4-16(15)31-21/h5-8,13H,2-4,9-11H2,1H3,(H2,23,28)(H,24,26)/t13-/m0/s1. The molecule has 1 fully saturated rings. The first-order valence-electron chi connectivity index (χ1n) is 10.1. The molecule has 0 bridgehead atoms. The Kier molecular flexibility index (Phi) is 5.77. The summed E-state index contributed by atoms with van der Waals surface area (Å²) in [5, 5.41) is 3.04. The van der Waals surface area contributed by atoms with Crippen molar-refractivity contribution < 1.29 is 23.9 Å². The van der Waals surface area contributed by atoms with E-state index >= 15 is 0 Å². The molecule has 4 rings (SSSR count). The lowest BCUT2D eigenvalue weighted by Gasteiger charge is -2.16. The van der Waals surface area contributed by atoms with Crippen LogP contribution in [0, 0.1) is 12.8 Å². The number of hydrogen-bond acceptors (Lipinski definition) is 6. The Hall–Kier alpha value is -3.20. The molecule has 1 saturated heterocycles. The van der Waals surface area contributed by atoms with E-state index < -0.39 is 30.3 Å². The van der Waals surface area contributed by atoms with Crippen LogP contribution in [0.15, 0.2) is 24.3 Å². The van der Waals surface area contributed by atoms with Crippen LogP contribution < -0.4 is 16.0 Å². The number of carbonyl (C=O) groups excluding carboxylic acids is 4. The molecule has 3 amide bonds. The van der Waals surface area contributed by atoms with Crippen LogP contribution in [0.4, 0.5) is 10.7 Å². The van der Waals surface area contributed by atoms with Gasteiger partial charge in [0, 0.05) is 23.5 Å². The molecule has 8 nitrogen and oxygen atoms in total. The zero-order valence-corrected chi connectivity index (χ0v) is 17.9. The number of hydrogen-bond donors (Lipinski definition) is 2. The van der Waals surface area contributed by atoms with Crippen LogP contribution in [0.3, 0.4) is 0 Å². The van der Waals surface area contributed by atoms with Crippen LogP contribution in [0.25, 0.3) is 0 Å². The van der Waals surface area contributed by atoms with Crippen molar-refractivity contribution in [2.24, 2.45) is 11.7 Å². The van der Waals surface area contributed by atoms with E-state index in [-0.39, 0.29) is 18.9 Å². The van der Waals surface area contributed by atoms with Crippen LogP contribution in [0.1, 0.15) is 39.2 Å². The van der Waals surface area contributed by atoms with Crippen molar-refractivity contribution in [1.29, 1.82) is 0 Å². The molecule has 0 spiro atoms. The minimum atomic E-state index is -0.631. The minimum absolute atomic E-state index is 0.0395. The van der Waals surface area contributed by atoms with Gasteiger partial charge in [0.05, 0.1) is 11.5 Å². The van der Waals surface area contributed by atoms with Gasteiger partial charge in [-0.1, -0.05) is 17.7 Å². The molecule has 162 valence electrons. The van der Waals surface area contributed by atoms with Crippen molar-refractivity contribution >= 4 is 45.7 Å². The Bertz CT molecular complexity index is 1060. The van der Waals surface area contributed by atoms with Crippen molar-refractivity contribution in [3.8, 4) is 0 Å². The molecule has 0 saturated carbocycles. The summed E-state index contributed by atoms with van der Waals surface area (Å²) in [7, 11) is 0. The highest BCUT2D eigenvalue weighted by molar-refractivity contribution is 7.17. The smallest absolute Gasteiger partial charge is 0.311 e. The molecule has 2 heterocycles. The van der Waals surface area contributed by atoms with Crippen molar-refractivity contribution in [2.45, 2.75) is 32.6 Å². The lowest BCUT2D eigenvalue weighted by atomic mass is 10.1. The number of anilines is 2. The summed E-state index contributed by atoms with van der Waals surface area (Å²) in [6.45, 7) is 1.68. The van der Waals surface area contributed by atoms with E-state index in [9.17, 15) is 19.2 Å². The lowest BCUT2D eigenvalue weighted by Crippen LogP contribution is -2.28. The van der Waals surface area contributed by atoms with E-state index in [2.05, 4.69) is 5.32 Å². The Morgan fingerprint density at radius 2 is 1.97 bits per heavy atom. The first-order chi connectivity index (χ1) is 14.8. The molecule has 0 unspecified atom stereocenters. The number of rotatable bonds is 6. The summed E-state index contributed by atoms with van der Waals surface area (Å²) >= 11 is 1.34. The summed E-state index contributed by atoms with van der Waals surface area (Å²) in [6, 6.07) is 7.48. The molecule has 3 N–H and O–H groups in total. The number of primary amides is 1. The quantitative estimate of drug-likeness (QED) is 0.666. The Labute approximate surface area is 183 Å². The fraction of sp³-hybridized carbons (Fsp3) is 0.364. The Morgan fingerprint density at radius 3 is 2.68 bits per heavy atom.